The van der Waals surface area contributed by atoms with E-state index in [4.69, 9.17) is 0 Å². The molecule has 0 saturated carbocycles. The molecule has 2 aromatic rings. The maximum Gasteiger partial charge on any atom is 0.284 e. The lowest BCUT2D eigenvalue weighted by Gasteiger charge is -2.23. The van der Waals surface area contributed by atoms with Crippen molar-refractivity contribution in [2.45, 2.75) is 30.5 Å². The maximum absolute atomic E-state index is 12.2. The predicted octanol–water partition coefficient (Wildman–Crippen LogP) is 1.46. The monoisotopic (exact) mass is 359 g/mol. The van der Waals surface area contributed by atoms with Crippen molar-refractivity contribution in [1.82, 2.24) is 10.3 Å². The van der Waals surface area contributed by atoms with Crippen LogP contribution < -0.4 is 4.72 Å². The molecule has 8 nitrogen and oxygen atoms in total. The highest BCUT2D eigenvalue weighted by Gasteiger charge is 2.32. The second-order valence-corrected chi connectivity index (χ2v) is 9.78. The lowest BCUT2D eigenvalue weighted by atomic mass is 10.0. The number of aryl methyl sites for hydroxylation is 1. The predicted molar refractivity (Wildman–Crippen MR) is 84.2 cm³/mol. The number of hydrogen-bond donors (Lipinski definition) is 1. The van der Waals surface area contributed by atoms with Crippen LogP contribution in [0.1, 0.15) is 25.1 Å². The quantitative estimate of drug-likeness (QED) is 0.858. The van der Waals surface area contributed by atoms with Gasteiger partial charge in [0.25, 0.3) is 10.0 Å². The van der Waals surface area contributed by atoms with Gasteiger partial charge in [0, 0.05) is 11.9 Å². The first-order valence-corrected chi connectivity index (χ1v) is 9.95. The molecule has 0 bridgehead atoms. The Morgan fingerprint density at radius 3 is 2.04 bits per heavy atom. The van der Waals surface area contributed by atoms with Gasteiger partial charge in [-0.15, -0.1) is 0 Å². The van der Waals surface area contributed by atoms with Gasteiger partial charge in [-0.05, 0) is 43.6 Å². The normalized spacial score (nSPS) is 13.0. The van der Waals surface area contributed by atoms with Crippen LogP contribution in [-0.4, -0.2) is 33.4 Å². The number of sulfonamides is 1. The minimum atomic E-state index is -3.91. The van der Waals surface area contributed by atoms with Gasteiger partial charge in [0.2, 0.25) is 5.03 Å². The highest BCUT2D eigenvalue weighted by molar-refractivity contribution is 7.92. The van der Waals surface area contributed by atoms with E-state index < -0.39 is 24.6 Å². The number of benzene rings is 1. The molecular weight excluding hydrogens is 342 g/mol. The number of aromatic nitrogens is 2. The van der Waals surface area contributed by atoms with Crippen molar-refractivity contribution in [3.8, 4) is 0 Å². The molecule has 0 aliphatic heterocycles. The molecule has 10 heteroatoms. The Kier molecular flexibility index (Phi) is 4.24. The highest BCUT2D eigenvalue weighted by atomic mass is 32.2. The number of rotatable bonds is 5. The van der Waals surface area contributed by atoms with Gasteiger partial charge in [0.05, 0.1) is 4.75 Å². The smallest absolute Gasteiger partial charge is 0.278 e. The molecule has 0 spiro atoms. The molecule has 126 valence electrons. The van der Waals surface area contributed by atoms with Crippen LogP contribution in [0.25, 0.3) is 0 Å². The fourth-order valence-corrected chi connectivity index (χ4v) is 3.49. The molecular formula is C13H17N3O5S2. The van der Waals surface area contributed by atoms with E-state index in [-0.39, 0.29) is 16.4 Å². The van der Waals surface area contributed by atoms with Crippen LogP contribution in [0.3, 0.4) is 0 Å². The largest absolute Gasteiger partial charge is 0.284 e. The van der Waals surface area contributed by atoms with Crippen LogP contribution in [0, 0.1) is 6.92 Å². The summed E-state index contributed by atoms with van der Waals surface area (Å²) in [5.41, 5.74) is 0.981. The zero-order valence-electron chi connectivity index (χ0n) is 13.1. The second kappa shape index (κ2) is 5.60. The summed E-state index contributed by atoms with van der Waals surface area (Å²) in [4.78, 5) is 0. The first kappa shape index (κ1) is 17.4. The Hall–Kier alpha value is -1.94. The fraction of sp³-hybridized carbons (Fsp3) is 0.385. The number of nitrogens with zero attached hydrogens (tertiary/aromatic N) is 2. The summed E-state index contributed by atoms with van der Waals surface area (Å²) < 4.78 is 53.6. The lowest BCUT2D eigenvalue weighted by Crippen LogP contribution is -2.28. The molecule has 0 amide bonds. The SMILES string of the molecule is Cc1nonc1S(=O)(=O)Nc1ccc(C(C)(C)S(C)(=O)=O)cc1. The van der Waals surface area contributed by atoms with E-state index in [1.165, 1.54) is 19.1 Å². The van der Waals surface area contributed by atoms with E-state index in [1.807, 2.05) is 0 Å². The summed E-state index contributed by atoms with van der Waals surface area (Å²) in [5, 5.41) is 6.49. The standard InChI is InChI=1S/C13H17N3O5S2/c1-9-12(15-21-14-9)23(19,20)16-11-7-5-10(6-8-11)13(2,3)22(4,17)18/h5-8,16H,1-4H3. The molecule has 2 rings (SSSR count). The summed E-state index contributed by atoms with van der Waals surface area (Å²) in [5.74, 6) is 0. The summed E-state index contributed by atoms with van der Waals surface area (Å²) in [6, 6.07) is 6.10. The van der Waals surface area contributed by atoms with Crippen LogP contribution in [-0.2, 0) is 24.6 Å². The average molecular weight is 359 g/mol. The molecule has 0 aliphatic carbocycles. The van der Waals surface area contributed by atoms with Gasteiger partial charge in [-0.2, -0.15) is 8.42 Å². The topological polar surface area (TPSA) is 119 Å². The van der Waals surface area contributed by atoms with Crippen molar-refractivity contribution in [2.75, 3.05) is 11.0 Å². The van der Waals surface area contributed by atoms with Crippen LogP contribution in [0.15, 0.2) is 33.9 Å². The zero-order chi connectivity index (χ0) is 17.5. The Morgan fingerprint density at radius 1 is 1.04 bits per heavy atom. The summed E-state index contributed by atoms with van der Waals surface area (Å²) in [7, 11) is -7.23. The maximum atomic E-state index is 12.2. The molecule has 23 heavy (non-hydrogen) atoms. The van der Waals surface area contributed by atoms with Crippen molar-refractivity contribution in [1.29, 1.82) is 0 Å². The zero-order valence-corrected chi connectivity index (χ0v) is 14.7. The van der Waals surface area contributed by atoms with Crippen LogP contribution in [0.2, 0.25) is 0 Å². The molecule has 0 atom stereocenters. The summed E-state index contributed by atoms with van der Waals surface area (Å²) >= 11 is 0. The summed E-state index contributed by atoms with van der Waals surface area (Å²) in [6.45, 7) is 4.64. The van der Waals surface area contributed by atoms with Crippen molar-refractivity contribution in [3.05, 3.63) is 35.5 Å². The van der Waals surface area contributed by atoms with Gasteiger partial charge >= 0.3 is 0 Å². The Bertz CT molecular complexity index is 913. The summed E-state index contributed by atoms with van der Waals surface area (Å²) in [6.07, 6.45) is 1.16. The van der Waals surface area contributed by atoms with E-state index >= 15 is 0 Å². The molecule has 0 saturated heterocycles. The van der Waals surface area contributed by atoms with Crippen LogP contribution >= 0.6 is 0 Å². The minimum Gasteiger partial charge on any atom is -0.278 e. The molecule has 1 aromatic carbocycles. The Morgan fingerprint density at radius 2 is 1.61 bits per heavy atom. The van der Waals surface area contributed by atoms with Gasteiger partial charge < -0.3 is 0 Å². The number of sulfone groups is 1. The molecule has 1 N–H and O–H groups in total. The number of hydrogen-bond acceptors (Lipinski definition) is 7. The first-order chi connectivity index (χ1) is 10.4. The van der Waals surface area contributed by atoms with Gasteiger partial charge in [-0.1, -0.05) is 17.3 Å². The molecule has 0 fully saturated rings. The Balaban J connectivity index is 2.30. The molecule has 1 heterocycles. The molecule has 0 aliphatic rings. The molecule has 0 unspecified atom stereocenters. The van der Waals surface area contributed by atoms with E-state index in [1.54, 1.807) is 26.0 Å². The number of nitrogens with one attached hydrogen (secondary N) is 1. The van der Waals surface area contributed by atoms with E-state index in [2.05, 4.69) is 19.7 Å². The lowest BCUT2D eigenvalue weighted by molar-refractivity contribution is 0.296. The van der Waals surface area contributed by atoms with E-state index in [9.17, 15) is 16.8 Å². The van der Waals surface area contributed by atoms with Gasteiger partial charge in [-0.25, -0.2) is 13.0 Å². The average Bonchev–Trinajstić information content (AvgIpc) is 2.85. The second-order valence-electron chi connectivity index (χ2n) is 5.62. The molecule has 0 radical (unpaired) electrons. The van der Waals surface area contributed by atoms with Gasteiger partial charge in [0.1, 0.15) is 5.69 Å². The fourth-order valence-electron chi connectivity index (χ4n) is 1.82. The van der Waals surface area contributed by atoms with E-state index in [0.29, 0.717) is 5.56 Å². The van der Waals surface area contributed by atoms with Gasteiger partial charge in [0.15, 0.2) is 9.84 Å². The number of anilines is 1. The third-order valence-corrected chi connectivity index (χ3v) is 7.10. The third-order valence-electron chi connectivity index (χ3n) is 3.62. The van der Waals surface area contributed by atoms with Crippen LogP contribution in [0.4, 0.5) is 5.69 Å². The third kappa shape index (κ3) is 3.37. The highest BCUT2D eigenvalue weighted by Crippen LogP contribution is 2.30. The van der Waals surface area contributed by atoms with Gasteiger partial charge in [-0.3, -0.25) is 4.72 Å². The Labute approximate surface area is 134 Å². The van der Waals surface area contributed by atoms with Crippen molar-refractivity contribution in [3.63, 3.8) is 0 Å². The van der Waals surface area contributed by atoms with Crippen LogP contribution in [0.5, 0.6) is 0 Å². The van der Waals surface area contributed by atoms with E-state index in [0.717, 1.165) is 6.26 Å². The van der Waals surface area contributed by atoms with Crippen molar-refractivity contribution in [2.24, 2.45) is 0 Å². The minimum absolute atomic E-state index is 0.146. The van der Waals surface area contributed by atoms with Crippen molar-refractivity contribution < 1.29 is 21.5 Å². The van der Waals surface area contributed by atoms with Crippen molar-refractivity contribution >= 4 is 25.5 Å². The first-order valence-electron chi connectivity index (χ1n) is 6.57. The molecule has 1 aromatic heterocycles.